The highest BCUT2D eigenvalue weighted by Gasteiger charge is 2.26. The molecule has 0 aliphatic rings. The second-order valence-electron chi connectivity index (χ2n) is 6.68. The summed E-state index contributed by atoms with van der Waals surface area (Å²) >= 11 is 0. The zero-order valence-electron chi connectivity index (χ0n) is 16.1. The van der Waals surface area contributed by atoms with Gasteiger partial charge in [0.25, 0.3) is 10.0 Å². The van der Waals surface area contributed by atoms with Crippen LogP contribution in [0.3, 0.4) is 0 Å². The van der Waals surface area contributed by atoms with Crippen LogP contribution >= 0.6 is 0 Å². The minimum Gasteiger partial charge on any atom is -0.545 e. The van der Waals surface area contributed by atoms with Crippen molar-refractivity contribution in [2.24, 2.45) is 0 Å². The Labute approximate surface area is 175 Å². The predicted molar refractivity (Wildman–Crippen MR) is 109 cm³/mol. The van der Waals surface area contributed by atoms with Gasteiger partial charge in [0.05, 0.1) is 20.7 Å². The predicted octanol–water partition coefficient (Wildman–Crippen LogP) is 2.30. The summed E-state index contributed by atoms with van der Waals surface area (Å²) < 4.78 is 54.5. The molecule has 0 fully saturated rings. The fourth-order valence-corrected chi connectivity index (χ4v) is 6.09. The molecule has 0 heterocycles. The van der Waals surface area contributed by atoms with Gasteiger partial charge < -0.3 is 9.90 Å². The van der Waals surface area contributed by atoms with Crippen molar-refractivity contribution in [1.29, 1.82) is 0 Å². The van der Waals surface area contributed by atoms with Crippen molar-refractivity contribution in [3.8, 4) is 0 Å². The first-order valence-corrected chi connectivity index (χ1v) is 11.7. The van der Waals surface area contributed by atoms with Crippen molar-refractivity contribution >= 4 is 31.5 Å². The molecule has 0 spiro atoms. The Hall–Kier alpha value is -3.17. The van der Waals surface area contributed by atoms with Crippen LogP contribution in [-0.2, 0) is 19.9 Å². The van der Waals surface area contributed by atoms with E-state index in [1.54, 1.807) is 25.1 Å². The molecule has 0 unspecified atom stereocenters. The van der Waals surface area contributed by atoms with Crippen LogP contribution in [0, 0.1) is 13.8 Å². The second kappa shape index (κ2) is 7.92. The van der Waals surface area contributed by atoms with Gasteiger partial charge in [0, 0.05) is 5.69 Å². The Bertz CT molecular complexity index is 1330. The number of carbonyl (C=O) groups excluding carboxylic acids is 1. The molecule has 9 heteroatoms. The van der Waals surface area contributed by atoms with Crippen LogP contribution in [0.4, 0.5) is 5.69 Å². The van der Waals surface area contributed by atoms with E-state index in [9.17, 15) is 26.7 Å². The summed E-state index contributed by atoms with van der Waals surface area (Å²) in [5, 5.41) is 11.0. The third kappa shape index (κ3) is 4.22. The number of sulfone groups is 1. The number of nitrogens with one attached hydrogen (secondary N) is 1. The molecule has 3 aromatic rings. The summed E-state index contributed by atoms with van der Waals surface area (Å²) in [7, 11) is -8.15. The average molecular weight is 445 g/mol. The summed E-state index contributed by atoms with van der Waals surface area (Å²) in [5.74, 6) is -1.45. The molecule has 0 saturated heterocycles. The number of benzene rings is 3. The molecule has 0 amide bonds. The Morgan fingerprint density at radius 2 is 1.47 bits per heavy atom. The van der Waals surface area contributed by atoms with Crippen molar-refractivity contribution in [1.82, 2.24) is 0 Å². The first kappa shape index (κ1) is 21.5. The number of carboxylic acid groups (broad SMARTS) is 1. The molecule has 156 valence electrons. The van der Waals surface area contributed by atoms with E-state index in [2.05, 4.69) is 4.72 Å². The Morgan fingerprint density at radius 1 is 0.833 bits per heavy atom. The maximum Gasteiger partial charge on any atom is 0.262 e. The lowest BCUT2D eigenvalue weighted by molar-refractivity contribution is -0.255. The Morgan fingerprint density at radius 3 is 2.10 bits per heavy atom. The van der Waals surface area contributed by atoms with Crippen molar-refractivity contribution in [2.45, 2.75) is 28.5 Å². The number of carboxylic acids is 1. The fraction of sp³-hybridized carbons (Fsp3) is 0.0952. The van der Waals surface area contributed by atoms with Gasteiger partial charge in [-0.25, -0.2) is 16.8 Å². The number of hydrogen-bond donors (Lipinski definition) is 1. The molecule has 0 aliphatic heterocycles. The molecule has 0 saturated carbocycles. The standard InChI is InChI=1S/C21H19NO6S2/c1-14-11-19(29(25,26)18-9-4-3-5-10-18)15(2)20(12-14)30(27,28)22-17-8-6-7-16(13-17)21(23)24/h3-13,22H,1-2H3,(H,23,24)/p-1. The SMILES string of the molecule is Cc1cc(S(=O)(=O)Nc2cccc(C(=O)[O-])c2)c(C)c(S(=O)(=O)c2ccccc2)c1. The summed E-state index contributed by atoms with van der Waals surface area (Å²) in [6, 6.07) is 15.7. The molecule has 0 bridgehead atoms. The van der Waals surface area contributed by atoms with E-state index >= 15 is 0 Å². The van der Waals surface area contributed by atoms with Crippen molar-refractivity contribution in [2.75, 3.05) is 4.72 Å². The molecular formula is C21H18NO6S2-. The van der Waals surface area contributed by atoms with E-state index in [1.165, 1.54) is 49.4 Å². The molecule has 0 aliphatic carbocycles. The molecule has 30 heavy (non-hydrogen) atoms. The highest BCUT2D eigenvalue weighted by Crippen LogP contribution is 2.30. The summed E-state index contributed by atoms with van der Waals surface area (Å²) in [6.45, 7) is 3.01. The quantitative estimate of drug-likeness (QED) is 0.623. The maximum absolute atomic E-state index is 13.1. The van der Waals surface area contributed by atoms with Crippen molar-refractivity contribution < 1.29 is 26.7 Å². The summed E-state index contributed by atoms with van der Waals surface area (Å²) in [4.78, 5) is 10.7. The number of aromatic carboxylic acids is 1. The number of anilines is 1. The first-order chi connectivity index (χ1) is 14.0. The number of aryl methyl sites for hydroxylation is 1. The van der Waals surface area contributed by atoms with Gasteiger partial charge >= 0.3 is 0 Å². The number of carbonyl (C=O) groups is 1. The number of rotatable bonds is 6. The van der Waals surface area contributed by atoms with E-state index in [-0.39, 0.29) is 31.5 Å². The van der Waals surface area contributed by atoms with E-state index in [0.29, 0.717) is 5.56 Å². The molecule has 1 N–H and O–H groups in total. The second-order valence-corrected chi connectivity index (χ2v) is 10.2. The largest absolute Gasteiger partial charge is 0.545 e. The van der Waals surface area contributed by atoms with Crippen LogP contribution < -0.4 is 9.83 Å². The van der Waals surface area contributed by atoms with Gasteiger partial charge in [0.1, 0.15) is 0 Å². The number of hydrogen-bond acceptors (Lipinski definition) is 6. The molecule has 0 atom stereocenters. The van der Waals surface area contributed by atoms with Gasteiger partial charge in [0.2, 0.25) is 9.84 Å². The fourth-order valence-electron chi connectivity index (χ4n) is 3.00. The van der Waals surface area contributed by atoms with Crippen LogP contribution in [-0.4, -0.2) is 22.8 Å². The average Bonchev–Trinajstić information content (AvgIpc) is 2.69. The lowest BCUT2D eigenvalue weighted by atomic mass is 10.2. The molecule has 3 rings (SSSR count). The summed E-state index contributed by atoms with van der Waals surface area (Å²) in [5.41, 5.74) is 0.334. The Kier molecular flexibility index (Phi) is 5.69. The zero-order valence-corrected chi connectivity index (χ0v) is 17.7. The van der Waals surface area contributed by atoms with Gasteiger partial charge in [-0.1, -0.05) is 30.3 Å². The maximum atomic E-state index is 13.1. The lowest BCUT2D eigenvalue weighted by Crippen LogP contribution is -2.22. The third-order valence-corrected chi connectivity index (χ3v) is 7.84. The highest BCUT2D eigenvalue weighted by atomic mass is 32.2. The van der Waals surface area contributed by atoms with Crippen LogP contribution in [0.1, 0.15) is 21.5 Å². The topological polar surface area (TPSA) is 120 Å². The molecule has 0 radical (unpaired) electrons. The van der Waals surface area contributed by atoms with E-state index in [1.807, 2.05) is 0 Å². The van der Waals surface area contributed by atoms with E-state index < -0.39 is 25.8 Å². The van der Waals surface area contributed by atoms with E-state index in [4.69, 9.17) is 0 Å². The minimum atomic E-state index is -4.20. The normalized spacial score (nSPS) is 11.8. The van der Waals surface area contributed by atoms with Crippen LogP contribution in [0.5, 0.6) is 0 Å². The lowest BCUT2D eigenvalue weighted by Gasteiger charge is -2.16. The molecule has 7 nitrogen and oxygen atoms in total. The number of sulfonamides is 1. The van der Waals surface area contributed by atoms with Crippen LogP contribution in [0.25, 0.3) is 0 Å². The summed E-state index contributed by atoms with van der Waals surface area (Å²) in [6.07, 6.45) is 0. The van der Waals surface area contributed by atoms with Gasteiger partial charge in [-0.15, -0.1) is 0 Å². The van der Waals surface area contributed by atoms with Crippen LogP contribution in [0.2, 0.25) is 0 Å². The van der Waals surface area contributed by atoms with Gasteiger partial charge in [-0.3, -0.25) is 4.72 Å². The first-order valence-electron chi connectivity index (χ1n) is 8.78. The zero-order chi connectivity index (χ0) is 22.1. The van der Waals surface area contributed by atoms with Crippen molar-refractivity contribution in [3.63, 3.8) is 0 Å². The van der Waals surface area contributed by atoms with Crippen LogP contribution in [0.15, 0.2) is 81.4 Å². The minimum absolute atomic E-state index is 0.0186. The molecular weight excluding hydrogens is 426 g/mol. The Balaban J connectivity index is 2.11. The van der Waals surface area contributed by atoms with Gasteiger partial charge in [-0.2, -0.15) is 0 Å². The van der Waals surface area contributed by atoms with Gasteiger partial charge in [0.15, 0.2) is 0 Å². The smallest absolute Gasteiger partial charge is 0.262 e. The van der Waals surface area contributed by atoms with Gasteiger partial charge in [-0.05, 0) is 66.9 Å². The van der Waals surface area contributed by atoms with Crippen molar-refractivity contribution in [3.05, 3.63) is 83.4 Å². The monoisotopic (exact) mass is 444 g/mol. The molecule has 0 aromatic heterocycles. The third-order valence-electron chi connectivity index (χ3n) is 4.44. The molecule has 3 aromatic carbocycles. The highest BCUT2D eigenvalue weighted by molar-refractivity contribution is 7.93. The van der Waals surface area contributed by atoms with E-state index in [0.717, 1.165) is 6.07 Å².